The van der Waals surface area contributed by atoms with E-state index in [1.165, 1.54) is 102 Å². The van der Waals surface area contributed by atoms with Crippen LogP contribution < -0.4 is 14.2 Å². The minimum absolute atomic E-state index is 0.736. The highest BCUT2D eigenvalue weighted by Crippen LogP contribution is 2.40. The maximum Gasteiger partial charge on any atom is 0.203 e. The second kappa shape index (κ2) is 24.0. The molecule has 210 valence electrons. The Balaban J connectivity index is 2.75. The van der Waals surface area contributed by atoms with Crippen LogP contribution in [0.5, 0.6) is 17.2 Å². The van der Waals surface area contributed by atoms with Gasteiger partial charge in [0.1, 0.15) is 0 Å². The average molecular weight is 505 g/mol. The molecule has 0 aliphatic carbocycles. The normalized spacial score (nSPS) is 11.1. The lowest BCUT2D eigenvalue weighted by Crippen LogP contribution is -2.07. The lowest BCUT2D eigenvalue weighted by atomic mass is 10.1. The first-order valence-corrected chi connectivity index (χ1v) is 15.8. The number of benzene rings is 1. The molecule has 3 nitrogen and oxygen atoms in total. The second-order valence-corrected chi connectivity index (χ2v) is 10.5. The van der Waals surface area contributed by atoms with E-state index in [0.29, 0.717) is 0 Å². The molecule has 3 heteroatoms. The molecule has 0 radical (unpaired) electrons. The van der Waals surface area contributed by atoms with E-state index in [0.717, 1.165) is 69.2 Å². The van der Waals surface area contributed by atoms with E-state index in [1.54, 1.807) is 0 Å². The Morgan fingerprint density at radius 2 is 0.778 bits per heavy atom. The first-order valence-electron chi connectivity index (χ1n) is 15.8. The highest BCUT2D eigenvalue weighted by molar-refractivity contribution is 5.54. The molecule has 1 rings (SSSR count). The molecule has 0 spiro atoms. The van der Waals surface area contributed by atoms with Gasteiger partial charge in [-0.15, -0.1) is 0 Å². The molecule has 0 heterocycles. The van der Waals surface area contributed by atoms with Crippen molar-refractivity contribution in [3.05, 3.63) is 17.7 Å². The predicted molar refractivity (Wildman–Crippen MR) is 157 cm³/mol. The molecule has 0 atom stereocenters. The van der Waals surface area contributed by atoms with Crippen LogP contribution in [0.4, 0.5) is 0 Å². The smallest absolute Gasteiger partial charge is 0.203 e. The van der Waals surface area contributed by atoms with Crippen LogP contribution in [0.25, 0.3) is 0 Å². The van der Waals surface area contributed by atoms with E-state index in [1.807, 2.05) is 0 Å². The third-order valence-corrected chi connectivity index (χ3v) is 6.87. The van der Waals surface area contributed by atoms with Crippen molar-refractivity contribution >= 4 is 0 Å². The Morgan fingerprint density at radius 1 is 0.417 bits per heavy atom. The topological polar surface area (TPSA) is 27.7 Å². The van der Waals surface area contributed by atoms with Gasteiger partial charge in [0.2, 0.25) is 5.75 Å². The van der Waals surface area contributed by atoms with Crippen molar-refractivity contribution in [1.29, 1.82) is 0 Å². The summed E-state index contributed by atoms with van der Waals surface area (Å²) in [6.45, 7) is 11.3. The Kier molecular flexibility index (Phi) is 21.8. The SMILES string of the molecule is CCCCCCCCOc1cc(CCC)cc(OCCCCCCCC)c1OCCCCCCCC. The summed E-state index contributed by atoms with van der Waals surface area (Å²) in [6, 6.07) is 4.41. The van der Waals surface area contributed by atoms with E-state index in [-0.39, 0.29) is 0 Å². The monoisotopic (exact) mass is 504 g/mol. The fraction of sp³-hybridized carbons (Fsp3) is 0.818. The lowest BCUT2D eigenvalue weighted by molar-refractivity contribution is 0.234. The first kappa shape index (κ1) is 32.6. The summed E-state index contributed by atoms with van der Waals surface area (Å²) in [4.78, 5) is 0. The molecule has 36 heavy (non-hydrogen) atoms. The molecule has 1 aromatic rings. The standard InChI is InChI=1S/C33H60O3/c1-5-9-12-15-18-21-25-34-31-28-30(24-8-4)29-32(35-26-22-19-16-13-10-6-2)33(31)36-27-23-20-17-14-11-7-3/h28-29H,5-27H2,1-4H3. The van der Waals surface area contributed by atoms with Gasteiger partial charge in [-0.25, -0.2) is 0 Å². The van der Waals surface area contributed by atoms with Gasteiger partial charge in [-0.05, 0) is 43.4 Å². The Labute approximate surface area is 225 Å². The molecule has 0 aliphatic heterocycles. The van der Waals surface area contributed by atoms with Gasteiger partial charge in [0.15, 0.2) is 11.5 Å². The summed E-state index contributed by atoms with van der Waals surface area (Å²) in [7, 11) is 0. The summed E-state index contributed by atoms with van der Waals surface area (Å²) in [6.07, 6.45) is 25.0. The molecule has 0 aliphatic rings. The summed E-state index contributed by atoms with van der Waals surface area (Å²) >= 11 is 0. The van der Waals surface area contributed by atoms with Crippen LogP contribution in [0.3, 0.4) is 0 Å². The minimum atomic E-state index is 0.736. The van der Waals surface area contributed by atoms with Crippen molar-refractivity contribution in [3.8, 4) is 17.2 Å². The quantitative estimate of drug-likeness (QED) is 0.117. The summed E-state index contributed by atoms with van der Waals surface area (Å²) < 4.78 is 19.1. The van der Waals surface area contributed by atoms with Crippen LogP contribution in [-0.2, 0) is 6.42 Å². The van der Waals surface area contributed by atoms with Crippen molar-refractivity contribution in [2.75, 3.05) is 19.8 Å². The third-order valence-electron chi connectivity index (χ3n) is 6.87. The van der Waals surface area contributed by atoms with E-state index < -0.39 is 0 Å². The highest BCUT2D eigenvalue weighted by atomic mass is 16.5. The molecule has 0 saturated heterocycles. The fourth-order valence-electron chi connectivity index (χ4n) is 4.61. The van der Waals surface area contributed by atoms with Gasteiger partial charge in [0.25, 0.3) is 0 Å². The summed E-state index contributed by atoms with van der Waals surface area (Å²) in [5.41, 5.74) is 1.29. The Hall–Kier alpha value is -1.38. The minimum Gasteiger partial charge on any atom is -0.490 e. The molecule has 0 unspecified atom stereocenters. The molecule has 0 fully saturated rings. The van der Waals surface area contributed by atoms with Crippen LogP contribution >= 0.6 is 0 Å². The first-order chi connectivity index (χ1) is 17.8. The average Bonchev–Trinajstić information content (AvgIpc) is 2.88. The van der Waals surface area contributed by atoms with Gasteiger partial charge in [0.05, 0.1) is 19.8 Å². The molecule has 0 N–H and O–H groups in total. The number of aryl methyl sites for hydroxylation is 1. The molecule has 0 aromatic heterocycles. The number of hydrogen-bond acceptors (Lipinski definition) is 3. The van der Waals surface area contributed by atoms with Crippen molar-refractivity contribution in [2.45, 2.75) is 156 Å². The maximum absolute atomic E-state index is 6.38. The number of ether oxygens (including phenoxy) is 3. The van der Waals surface area contributed by atoms with E-state index >= 15 is 0 Å². The zero-order valence-electron chi connectivity index (χ0n) is 24.6. The van der Waals surface area contributed by atoms with Gasteiger partial charge in [-0.3, -0.25) is 0 Å². The van der Waals surface area contributed by atoms with Crippen molar-refractivity contribution in [3.63, 3.8) is 0 Å². The Morgan fingerprint density at radius 3 is 1.17 bits per heavy atom. The molecular formula is C33H60O3. The molecule has 0 bridgehead atoms. The van der Waals surface area contributed by atoms with Crippen LogP contribution in [0.15, 0.2) is 12.1 Å². The van der Waals surface area contributed by atoms with Crippen molar-refractivity contribution < 1.29 is 14.2 Å². The van der Waals surface area contributed by atoms with Crippen molar-refractivity contribution in [2.24, 2.45) is 0 Å². The summed E-state index contributed by atoms with van der Waals surface area (Å²) in [5, 5.41) is 0. The highest BCUT2D eigenvalue weighted by Gasteiger charge is 2.16. The number of hydrogen-bond donors (Lipinski definition) is 0. The zero-order valence-corrected chi connectivity index (χ0v) is 24.6. The van der Waals surface area contributed by atoms with E-state index in [9.17, 15) is 0 Å². The van der Waals surface area contributed by atoms with Crippen LogP contribution in [0, 0.1) is 0 Å². The second-order valence-electron chi connectivity index (χ2n) is 10.5. The Bertz CT molecular complexity index is 574. The number of unbranched alkanes of at least 4 members (excludes halogenated alkanes) is 15. The van der Waals surface area contributed by atoms with Crippen LogP contribution in [-0.4, -0.2) is 19.8 Å². The van der Waals surface area contributed by atoms with Gasteiger partial charge in [-0.1, -0.05) is 130 Å². The van der Waals surface area contributed by atoms with Gasteiger partial charge in [0, 0.05) is 0 Å². The zero-order chi connectivity index (χ0) is 26.1. The van der Waals surface area contributed by atoms with E-state index in [2.05, 4.69) is 39.8 Å². The largest absolute Gasteiger partial charge is 0.490 e. The molecule has 1 aromatic carbocycles. The predicted octanol–water partition coefficient (Wildman–Crippen LogP) is 10.9. The lowest BCUT2D eigenvalue weighted by Gasteiger charge is -2.19. The molecule has 0 saturated carbocycles. The van der Waals surface area contributed by atoms with Gasteiger partial charge < -0.3 is 14.2 Å². The fourth-order valence-corrected chi connectivity index (χ4v) is 4.61. The van der Waals surface area contributed by atoms with Gasteiger partial charge in [-0.2, -0.15) is 0 Å². The van der Waals surface area contributed by atoms with Crippen LogP contribution in [0.1, 0.15) is 155 Å². The number of rotatable bonds is 26. The summed E-state index contributed by atoms with van der Waals surface area (Å²) in [5.74, 6) is 2.61. The van der Waals surface area contributed by atoms with E-state index in [4.69, 9.17) is 14.2 Å². The maximum atomic E-state index is 6.38. The third kappa shape index (κ3) is 16.4. The molecule has 0 amide bonds. The van der Waals surface area contributed by atoms with Gasteiger partial charge >= 0.3 is 0 Å². The molecular weight excluding hydrogens is 444 g/mol. The van der Waals surface area contributed by atoms with Crippen molar-refractivity contribution in [1.82, 2.24) is 0 Å². The van der Waals surface area contributed by atoms with Crippen LogP contribution in [0.2, 0.25) is 0 Å².